The van der Waals surface area contributed by atoms with Crippen molar-refractivity contribution in [1.29, 1.82) is 0 Å². The first-order valence-corrected chi connectivity index (χ1v) is 24.3. The van der Waals surface area contributed by atoms with Crippen molar-refractivity contribution in [1.82, 2.24) is 10.2 Å². The fourth-order valence-electron chi connectivity index (χ4n) is 8.72. The molecule has 11 rings (SSSR count). The highest BCUT2D eigenvalue weighted by atomic mass is 16.6. The molecule has 3 saturated heterocycles. The Kier molecular flexibility index (Phi) is 20.1. The summed E-state index contributed by atoms with van der Waals surface area (Å²) >= 11 is 0. The molecule has 3 heterocycles. The van der Waals surface area contributed by atoms with Crippen LogP contribution in [0.1, 0.15) is 88.6 Å². The number of carbonyl (C=O) groups is 3. The van der Waals surface area contributed by atoms with Crippen LogP contribution in [0.5, 0.6) is 17.2 Å². The van der Waals surface area contributed by atoms with Crippen LogP contribution < -0.4 is 19.5 Å². The number of rotatable bonds is 14. The Morgan fingerprint density at radius 2 is 0.907 bits per heavy atom. The molecule has 0 aromatic heterocycles. The van der Waals surface area contributed by atoms with Gasteiger partial charge < -0.3 is 28.4 Å². The highest BCUT2D eigenvalue weighted by molar-refractivity contribution is 5.78. The summed E-state index contributed by atoms with van der Waals surface area (Å²) in [6, 6.07) is 72.5. The average molecular weight is 1010 g/mol. The number of nitrogens with zero attached hydrogens (tertiary/aromatic N) is 1. The minimum absolute atomic E-state index is 0. The van der Waals surface area contributed by atoms with Gasteiger partial charge in [-0.05, 0) is 87.5 Å². The number of carbonyl (C=O) groups excluding carboxylic acids is 3. The second kappa shape index (κ2) is 27.6. The second-order valence-electron chi connectivity index (χ2n) is 17.5. The quantitative estimate of drug-likeness (QED) is 0.0827. The maximum absolute atomic E-state index is 13.4. The van der Waals surface area contributed by atoms with Crippen LogP contribution in [-0.4, -0.2) is 48.9 Å². The predicted molar refractivity (Wildman–Crippen MR) is 291 cm³/mol. The van der Waals surface area contributed by atoms with Crippen molar-refractivity contribution in [2.75, 3.05) is 19.8 Å². The molecule has 5 atom stereocenters. The van der Waals surface area contributed by atoms with Crippen molar-refractivity contribution in [2.45, 2.75) is 65.1 Å². The van der Waals surface area contributed by atoms with E-state index in [1.165, 1.54) is 0 Å². The molecule has 0 aliphatic carbocycles. The number of aldehydes is 1. The maximum atomic E-state index is 13.4. The number of morpholine rings is 2. The van der Waals surface area contributed by atoms with Crippen molar-refractivity contribution < 1.29 is 42.8 Å². The minimum Gasteiger partial charge on any atom is -0.489 e. The Morgan fingerprint density at radius 1 is 0.480 bits per heavy atom. The first-order valence-electron chi connectivity index (χ1n) is 24.3. The van der Waals surface area contributed by atoms with Crippen LogP contribution in [0.3, 0.4) is 0 Å². The molecule has 0 radical (unpaired) electrons. The summed E-state index contributed by atoms with van der Waals surface area (Å²) in [5, 5.41) is 3.11. The fourth-order valence-corrected chi connectivity index (χ4v) is 8.72. The molecule has 1 unspecified atom stereocenters. The molecule has 0 saturated carbocycles. The van der Waals surface area contributed by atoms with E-state index in [0.29, 0.717) is 38.5 Å². The van der Waals surface area contributed by atoms with Crippen molar-refractivity contribution in [3.8, 4) is 17.2 Å². The predicted octanol–water partition coefficient (Wildman–Crippen LogP) is 12.8. The van der Waals surface area contributed by atoms with Crippen molar-refractivity contribution >= 4 is 18.2 Å². The Hall–Kier alpha value is -8.35. The van der Waals surface area contributed by atoms with Gasteiger partial charge in [0.2, 0.25) is 0 Å². The standard InChI is InChI=1S/C38H33NO5.C14H12O2.C10H11NO2.2CH4/c40-38-35-36(30-16-20-32(21-17-30)41-24-27-10-4-1-5-11-27)44-37(39(35)34(26-43-38)29-14-8-3-9-15-29)31-18-22-33(23-19-31)42-25-28-12-6-2-7-13-28;15-10-12-6-8-14(9-7-12)16-11-13-4-2-1-3-5-13;12-10-6-11-9(7-13-10)8-4-2-1-3-5-8;;/h1-23,34-37H,24-26H2;1-10H,11H2;1-5,9,11H,6-7H2;2*1H4/t34-,35?,36-,37+;;9-;;/m1.1../s1. The van der Waals surface area contributed by atoms with Gasteiger partial charge >= 0.3 is 11.9 Å². The summed E-state index contributed by atoms with van der Waals surface area (Å²) < 4.78 is 35.1. The summed E-state index contributed by atoms with van der Waals surface area (Å²) in [5.74, 6) is 1.84. The number of esters is 2. The van der Waals surface area contributed by atoms with Crippen LogP contribution in [0.15, 0.2) is 224 Å². The Balaban J connectivity index is 0.000000215. The number of benzene rings is 8. The van der Waals surface area contributed by atoms with Crippen LogP contribution in [-0.2, 0) is 43.6 Å². The van der Waals surface area contributed by atoms with Gasteiger partial charge in [0.25, 0.3) is 0 Å². The molecule has 11 nitrogen and oxygen atoms in total. The van der Waals surface area contributed by atoms with E-state index in [1.54, 1.807) is 24.3 Å². The van der Waals surface area contributed by atoms with E-state index >= 15 is 0 Å². The van der Waals surface area contributed by atoms with Gasteiger partial charge in [-0.1, -0.05) is 191 Å². The zero-order valence-corrected chi connectivity index (χ0v) is 40.2. The highest BCUT2D eigenvalue weighted by Crippen LogP contribution is 2.49. The van der Waals surface area contributed by atoms with E-state index < -0.39 is 18.4 Å². The highest BCUT2D eigenvalue weighted by Gasteiger charge is 2.54. The molecule has 0 amide bonds. The lowest BCUT2D eigenvalue weighted by atomic mass is 9.96. The fraction of sp³-hybridized carbons (Fsp3) is 0.203. The molecule has 384 valence electrons. The van der Waals surface area contributed by atoms with Gasteiger partial charge in [-0.25, -0.2) is 4.90 Å². The molecule has 0 spiro atoms. The SMILES string of the molecule is C.C.O=C1CN[C@@H](c2ccccc2)CO1.O=C1OC[C@H](c2ccccc2)N2C1[C@@H](c1ccc(OCc3ccccc3)cc1)O[C@H]2c1ccc(OCc2ccccc2)cc1.O=Cc1ccc(OCc2ccccc2)cc1. The zero-order valence-electron chi connectivity index (χ0n) is 40.2. The third-order valence-electron chi connectivity index (χ3n) is 12.6. The lowest BCUT2D eigenvalue weighted by Crippen LogP contribution is -2.49. The molecule has 3 aliphatic heterocycles. The van der Waals surface area contributed by atoms with Gasteiger partial charge in [0.1, 0.15) is 74.9 Å². The van der Waals surface area contributed by atoms with Crippen molar-refractivity contribution in [3.05, 3.63) is 269 Å². The van der Waals surface area contributed by atoms with Crippen LogP contribution in [0, 0.1) is 0 Å². The van der Waals surface area contributed by atoms with Gasteiger partial charge in [0.15, 0.2) is 0 Å². The molecule has 75 heavy (non-hydrogen) atoms. The van der Waals surface area contributed by atoms with Crippen molar-refractivity contribution in [3.63, 3.8) is 0 Å². The van der Waals surface area contributed by atoms with E-state index in [-0.39, 0.29) is 45.5 Å². The van der Waals surface area contributed by atoms with Gasteiger partial charge in [-0.2, -0.15) is 0 Å². The monoisotopic (exact) mass is 1000 g/mol. The van der Waals surface area contributed by atoms with Crippen LogP contribution in [0.4, 0.5) is 0 Å². The van der Waals surface area contributed by atoms with E-state index in [9.17, 15) is 14.4 Å². The normalized spacial score (nSPS) is 18.5. The average Bonchev–Trinajstić information content (AvgIpc) is 3.88. The Morgan fingerprint density at radius 3 is 1.35 bits per heavy atom. The molecule has 8 aromatic carbocycles. The number of cyclic esters (lactones) is 2. The molecular formula is C64H64N2O9. The summed E-state index contributed by atoms with van der Waals surface area (Å²) in [5.41, 5.74) is 8.07. The van der Waals surface area contributed by atoms with E-state index in [0.717, 1.165) is 62.5 Å². The van der Waals surface area contributed by atoms with Crippen LogP contribution in [0.25, 0.3) is 0 Å². The summed E-state index contributed by atoms with van der Waals surface area (Å²) in [7, 11) is 0. The number of fused-ring (bicyclic) bond motifs is 1. The third-order valence-corrected chi connectivity index (χ3v) is 12.6. The van der Waals surface area contributed by atoms with Gasteiger partial charge in [0, 0.05) is 5.56 Å². The Bertz CT molecular complexity index is 2940. The molecular weight excluding hydrogens is 941 g/mol. The molecule has 8 aromatic rings. The van der Waals surface area contributed by atoms with Crippen LogP contribution >= 0.6 is 0 Å². The third kappa shape index (κ3) is 14.9. The number of ether oxygens (including phenoxy) is 6. The summed E-state index contributed by atoms with van der Waals surface area (Å²) in [6.45, 7) is 2.51. The molecule has 3 aliphatic rings. The van der Waals surface area contributed by atoms with Gasteiger partial charge in [-0.3, -0.25) is 19.7 Å². The van der Waals surface area contributed by atoms with E-state index in [4.69, 9.17) is 28.4 Å². The molecule has 1 N–H and O–H groups in total. The first-order chi connectivity index (χ1) is 36.0. The number of hydrogen-bond acceptors (Lipinski definition) is 11. The van der Waals surface area contributed by atoms with E-state index in [2.05, 4.69) is 22.3 Å². The van der Waals surface area contributed by atoms with E-state index in [1.807, 2.05) is 188 Å². The zero-order chi connectivity index (χ0) is 50.0. The van der Waals surface area contributed by atoms with Crippen LogP contribution in [0.2, 0.25) is 0 Å². The number of hydrogen-bond donors (Lipinski definition) is 1. The van der Waals surface area contributed by atoms with Crippen molar-refractivity contribution in [2.24, 2.45) is 0 Å². The Labute approximate surface area is 440 Å². The molecule has 0 bridgehead atoms. The van der Waals surface area contributed by atoms with Gasteiger partial charge in [0.05, 0.1) is 18.6 Å². The first kappa shape index (κ1) is 54.4. The lowest BCUT2D eigenvalue weighted by molar-refractivity contribution is -0.163. The minimum atomic E-state index is -0.607. The topological polar surface area (TPSA) is 122 Å². The lowest BCUT2D eigenvalue weighted by Gasteiger charge is -2.39. The molecule has 3 fully saturated rings. The number of nitrogens with one attached hydrogen (secondary N) is 1. The molecule has 11 heteroatoms. The second-order valence-corrected chi connectivity index (χ2v) is 17.5. The maximum Gasteiger partial charge on any atom is 0.326 e. The summed E-state index contributed by atoms with van der Waals surface area (Å²) in [6.07, 6.45) is -0.155. The van der Waals surface area contributed by atoms with Gasteiger partial charge in [-0.15, -0.1) is 0 Å². The largest absolute Gasteiger partial charge is 0.489 e. The summed E-state index contributed by atoms with van der Waals surface area (Å²) in [4.78, 5) is 36.8. The smallest absolute Gasteiger partial charge is 0.326 e.